The van der Waals surface area contributed by atoms with E-state index in [1.54, 1.807) is 18.2 Å². The zero-order valence-electron chi connectivity index (χ0n) is 11.0. The van der Waals surface area contributed by atoms with Gasteiger partial charge in [0.1, 0.15) is 5.56 Å². The Bertz CT molecular complexity index is 729. The first-order chi connectivity index (χ1) is 9.90. The summed E-state index contributed by atoms with van der Waals surface area (Å²) in [7, 11) is 0. The van der Waals surface area contributed by atoms with E-state index >= 15 is 0 Å². The number of carboxylic acid groups (broad SMARTS) is 1. The molecule has 0 saturated heterocycles. The molecule has 0 unspecified atom stereocenters. The van der Waals surface area contributed by atoms with Gasteiger partial charge in [0.05, 0.1) is 15.7 Å². The predicted octanol–water partition coefficient (Wildman–Crippen LogP) is 4.25. The molecule has 2 aromatic carbocycles. The van der Waals surface area contributed by atoms with Crippen LogP contribution in [0.25, 0.3) is 0 Å². The van der Waals surface area contributed by atoms with E-state index in [1.165, 1.54) is 12.1 Å². The number of carbonyl (C=O) groups is 2. The standard InChI is InChI=1S/C15H11Cl2NO3/c1-8-3-2-4-9(7-8)14(19)18-13-11(17)6-5-10(16)12(13)15(20)21/h2-7H,1H3,(H,18,19)(H,20,21). The molecule has 0 radical (unpaired) electrons. The predicted molar refractivity (Wildman–Crippen MR) is 82.6 cm³/mol. The third kappa shape index (κ3) is 3.35. The molecule has 2 rings (SSSR count). The molecule has 0 aromatic heterocycles. The second-order valence-electron chi connectivity index (χ2n) is 4.41. The van der Waals surface area contributed by atoms with E-state index < -0.39 is 11.9 Å². The highest BCUT2D eigenvalue weighted by molar-refractivity contribution is 6.38. The van der Waals surface area contributed by atoms with Gasteiger partial charge >= 0.3 is 5.97 Å². The highest BCUT2D eigenvalue weighted by atomic mass is 35.5. The van der Waals surface area contributed by atoms with Crippen LogP contribution in [0.4, 0.5) is 5.69 Å². The van der Waals surface area contributed by atoms with Gasteiger partial charge in [-0.05, 0) is 31.2 Å². The summed E-state index contributed by atoms with van der Waals surface area (Å²) in [4.78, 5) is 23.5. The first kappa shape index (κ1) is 15.4. The van der Waals surface area contributed by atoms with Crippen LogP contribution in [-0.4, -0.2) is 17.0 Å². The molecule has 2 N–H and O–H groups in total. The molecular weight excluding hydrogens is 313 g/mol. The Labute approximate surface area is 131 Å². The Kier molecular flexibility index (Phi) is 4.50. The fourth-order valence-corrected chi connectivity index (χ4v) is 2.30. The molecule has 0 bridgehead atoms. The van der Waals surface area contributed by atoms with Crippen LogP contribution >= 0.6 is 23.2 Å². The molecule has 4 nitrogen and oxygen atoms in total. The molecule has 0 aliphatic carbocycles. The lowest BCUT2D eigenvalue weighted by Crippen LogP contribution is -2.15. The zero-order valence-corrected chi connectivity index (χ0v) is 12.5. The molecule has 0 aliphatic heterocycles. The second-order valence-corrected chi connectivity index (χ2v) is 5.22. The van der Waals surface area contributed by atoms with E-state index in [2.05, 4.69) is 5.32 Å². The Morgan fingerprint density at radius 1 is 1.10 bits per heavy atom. The van der Waals surface area contributed by atoms with Crippen molar-refractivity contribution in [2.24, 2.45) is 0 Å². The number of carbonyl (C=O) groups excluding carboxylic acids is 1. The number of nitrogens with one attached hydrogen (secondary N) is 1. The van der Waals surface area contributed by atoms with Crippen LogP contribution < -0.4 is 5.32 Å². The molecule has 0 heterocycles. The summed E-state index contributed by atoms with van der Waals surface area (Å²) < 4.78 is 0. The van der Waals surface area contributed by atoms with Crippen molar-refractivity contribution in [1.29, 1.82) is 0 Å². The number of carboxylic acids is 1. The lowest BCUT2D eigenvalue weighted by atomic mass is 10.1. The number of rotatable bonds is 3. The summed E-state index contributed by atoms with van der Waals surface area (Å²) >= 11 is 11.8. The van der Waals surface area contributed by atoms with Gasteiger partial charge in [-0.3, -0.25) is 4.79 Å². The third-order valence-electron chi connectivity index (χ3n) is 2.84. The number of anilines is 1. The third-order valence-corrected chi connectivity index (χ3v) is 3.47. The number of benzene rings is 2. The van der Waals surface area contributed by atoms with E-state index in [0.29, 0.717) is 5.56 Å². The van der Waals surface area contributed by atoms with Gasteiger partial charge in [-0.15, -0.1) is 0 Å². The van der Waals surface area contributed by atoms with Gasteiger partial charge in [0.15, 0.2) is 0 Å². The van der Waals surface area contributed by atoms with Crippen LogP contribution in [-0.2, 0) is 0 Å². The van der Waals surface area contributed by atoms with Gasteiger partial charge in [0.2, 0.25) is 0 Å². The summed E-state index contributed by atoms with van der Waals surface area (Å²) in [5, 5.41) is 11.8. The first-order valence-electron chi connectivity index (χ1n) is 5.99. The minimum Gasteiger partial charge on any atom is -0.478 e. The van der Waals surface area contributed by atoms with Crippen molar-refractivity contribution in [3.05, 3.63) is 63.1 Å². The van der Waals surface area contributed by atoms with Gasteiger partial charge in [-0.25, -0.2) is 4.79 Å². The van der Waals surface area contributed by atoms with Crippen LogP contribution in [0.3, 0.4) is 0 Å². The highest BCUT2D eigenvalue weighted by Gasteiger charge is 2.20. The van der Waals surface area contributed by atoms with Crippen molar-refractivity contribution >= 4 is 40.8 Å². The Morgan fingerprint density at radius 3 is 2.38 bits per heavy atom. The van der Waals surface area contributed by atoms with Crippen LogP contribution in [0.5, 0.6) is 0 Å². The normalized spacial score (nSPS) is 10.2. The van der Waals surface area contributed by atoms with Crippen LogP contribution in [0.15, 0.2) is 36.4 Å². The summed E-state index contributed by atoms with van der Waals surface area (Å²) in [6, 6.07) is 9.71. The van der Waals surface area contributed by atoms with Crippen molar-refractivity contribution in [2.75, 3.05) is 5.32 Å². The summed E-state index contributed by atoms with van der Waals surface area (Å²) in [6.07, 6.45) is 0. The van der Waals surface area contributed by atoms with Crippen molar-refractivity contribution in [3.63, 3.8) is 0 Å². The van der Waals surface area contributed by atoms with Crippen molar-refractivity contribution in [2.45, 2.75) is 6.92 Å². The molecule has 0 saturated carbocycles. The number of aryl methyl sites for hydroxylation is 1. The van der Waals surface area contributed by atoms with Gasteiger partial charge in [0, 0.05) is 5.56 Å². The maximum Gasteiger partial charge on any atom is 0.339 e. The maximum absolute atomic E-state index is 12.2. The van der Waals surface area contributed by atoms with Crippen molar-refractivity contribution in [1.82, 2.24) is 0 Å². The average Bonchev–Trinajstić information content (AvgIpc) is 2.42. The number of aromatic carboxylic acids is 1. The SMILES string of the molecule is Cc1cccc(C(=O)Nc2c(Cl)ccc(Cl)c2C(=O)O)c1. The molecule has 2 aromatic rings. The topological polar surface area (TPSA) is 66.4 Å². The quantitative estimate of drug-likeness (QED) is 0.887. The average molecular weight is 324 g/mol. The second kappa shape index (κ2) is 6.16. The molecule has 21 heavy (non-hydrogen) atoms. The Morgan fingerprint density at radius 2 is 1.76 bits per heavy atom. The number of amides is 1. The zero-order chi connectivity index (χ0) is 15.6. The van der Waals surface area contributed by atoms with Crippen LogP contribution in [0.2, 0.25) is 10.0 Å². The van der Waals surface area contributed by atoms with Gasteiger partial charge in [-0.2, -0.15) is 0 Å². The van der Waals surface area contributed by atoms with Gasteiger partial charge in [0.25, 0.3) is 5.91 Å². The number of hydrogen-bond acceptors (Lipinski definition) is 2. The van der Waals surface area contributed by atoms with E-state index in [4.69, 9.17) is 23.2 Å². The molecule has 0 atom stereocenters. The summed E-state index contributed by atoms with van der Waals surface area (Å²) in [5.74, 6) is -1.72. The minimum atomic E-state index is -1.26. The van der Waals surface area contributed by atoms with Crippen molar-refractivity contribution < 1.29 is 14.7 Å². The maximum atomic E-state index is 12.2. The Balaban J connectivity index is 2.42. The van der Waals surface area contributed by atoms with Crippen molar-refractivity contribution in [3.8, 4) is 0 Å². The van der Waals surface area contributed by atoms with E-state index in [1.807, 2.05) is 13.0 Å². The van der Waals surface area contributed by atoms with E-state index in [-0.39, 0.29) is 21.3 Å². The van der Waals surface area contributed by atoms with Gasteiger partial charge in [-0.1, -0.05) is 40.9 Å². The van der Waals surface area contributed by atoms with Gasteiger partial charge < -0.3 is 10.4 Å². The lowest BCUT2D eigenvalue weighted by Gasteiger charge is -2.12. The fourth-order valence-electron chi connectivity index (χ4n) is 1.86. The molecule has 1 amide bonds. The summed E-state index contributed by atoms with van der Waals surface area (Å²) in [6.45, 7) is 1.85. The largest absolute Gasteiger partial charge is 0.478 e. The van der Waals surface area contributed by atoms with E-state index in [0.717, 1.165) is 5.56 Å². The minimum absolute atomic E-state index is 0.00597. The smallest absolute Gasteiger partial charge is 0.339 e. The summed E-state index contributed by atoms with van der Waals surface area (Å²) in [5.41, 5.74) is 1.08. The fraction of sp³-hybridized carbons (Fsp3) is 0.0667. The van der Waals surface area contributed by atoms with E-state index in [9.17, 15) is 14.7 Å². The molecule has 0 spiro atoms. The molecule has 6 heteroatoms. The monoisotopic (exact) mass is 323 g/mol. The molecule has 0 fully saturated rings. The van der Waals surface area contributed by atoms with Crippen LogP contribution in [0.1, 0.15) is 26.3 Å². The lowest BCUT2D eigenvalue weighted by molar-refractivity contribution is 0.0698. The Hall–Kier alpha value is -2.04. The molecular formula is C15H11Cl2NO3. The molecule has 0 aliphatic rings. The number of hydrogen-bond donors (Lipinski definition) is 2. The van der Waals surface area contributed by atoms with Crippen LogP contribution in [0, 0.1) is 6.92 Å². The number of halogens is 2. The first-order valence-corrected chi connectivity index (χ1v) is 6.75. The molecule has 108 valence electrons. The highest BCUT2D eigenvalue weighted by Crippen LogP contribution is 2.32.